The van der Waals surface area contributed by atoms with Crippen molar-refractivity contribution in [3.63, 3.8) is 0 Å². The molecular formula is C23H24N2O3. The van der Waals surface area contributed by atoms with Crippen molar-refractivity contribution in [1.82, 2.24) is 9.88 Å². The quantitative estimate of drug-likeness (QED) is 0.746. The molecule has 1 aliphatic heterocycles. The Balaban J connectivity index is 1.75. The molecule has 5 heteroatoms. The molecule has 3 aromatic rings. The number of aromatic nitrogens is 1. The Kier molecular flexibility index (Phi) is 3.69. The van der Waals surface area contributed by atoms with Gasteiger partial charge in [0.25, 0.3) is 0 Å². The third-order valence-electron chi connectivity index (χ3n) is 6.30. The zero-order chi connectivity index (χ0) is 19.5. The van der Waals surface area contributed by atoms with E-state index in [1.165, 1.54) is 10.9 Å². The Morgan fingerprint density at radius 3 is 2.54 bits per heavy atom. The average molecular weight is 376 g/mol. The van der Waals surface area contributed by atoms with Crippen molar-refractivity contribution in [3.8, 4) is 11.5 Å². The lowest BCUT2D eigenvalue weighted by molar-refractivity contribution is -0.131. The van der Waals surface area contributed by atoms with E-state index in [1.54, 1.807) is 21.1 Å². The Hall–Kier alpha value is -2.95. The van der Waals surface area contributed by atoms with Crippen LogP contribution in [-0.2, 0) is 10.2 Å². The third kappa shape index (κ3) is 2.35. The summed E-state index contributed by atoms with van der Waals surface area (Å²) in [5, 5.41) is 1.28. The highest BCUT2D eigenvalue weighted by molar-refractivity contribution is 5.88. The molecule has 0 saturated heterocycles. The van der Waals surface area contributed by atoms with Crippen molar-refractivity contribution in [2.75, 3.05) is 20.8 Å². The second-order valence-corrected chi connectivity index (χ2v) is 7.90. The first-order chi connectivity index (χ1) is 13.6. The summed E-state index contributed by atoms with van der Waals surface area (Å²) in [4.78, 5) is 18.3. The van der Waals surface area contributed by atoms with Gasteiger partial charge >= 0.3 is 0 Å². The van der Waals surface area contributed by atoms with Crippen molar-refractivity contribution in [2.24, 2.45) is 0 Å². The Bertz CT molecular complexity index is 1080. The molecule has 0 radical (unpaired) electrons. The van der Waals surface area contributed by atoms with E-state index < -0.39 is 0 Å². The zero-order valence-corrected chi connectivity index (χ0v) is 16.4. The van der Waals surface area contributed by atoms with Gasteiger partial charge in [0.1, 0.15) is 0 Å². The minimum Gasteiger partial charge on any atom is -0.493 e. The molecule has 1 aromatic heterocycles. The fourth-order valence-electron chi connectivity index (χ4n) is 4.81. The summed E-state index contributed by atoms with van der Waals surface area (Å²) in [7, 11) is 3.27. The van der Waals surface area contributed by atoms with Gasteiger partial charge in [0, 0.05) is 35.5 Å². The molecule has 1 amide bonds. The molecule has 1 N–H and O–H groups in total. The second kappa shape index (κ2) is 6.03. The number of para-hydroxylation sites is 1. The van der Waals surface area contributed by atoms with E-state index >= 15 is 0 Å². The molecule has 1 fully saturated rings. The minimum absolute atomic E-state index is 0.0909. The van der Waals surface area contributed by atoms with Crippen LogP contribution < -0.4 is 9.47 Å². The number of carbonyl (C=O) groups is 1. The maximum absolute atomic E-state index is 12.7. The summed E-state index contributed by atoms with van der Waals surface area (Å²) >= 11 is 0. The van der Waals surface area contributed by atoms with Gasteiger partial charge in [-0.1, -0.05) is 24.3 Å². The number of nitrogens with one attached hydrogen (secondary N) is 1. The molecule has 1 atom stereocenters. The topological polar surface area (TPSA) is 54.6 Å². The van der Waals surface area contributed by atoms with E-state index in [4.69, 9.17) is 9.47 Å². The van der Waals surface area contributed by atoms with E-state index in [9.17, 15) is 4.79 Å². The maximum Gasteiger partial charge on any atom is 0.220 e. The van der Waals surface area contributed by atoms with Crippen molar-refractivity contribution in [2.45, 2.75) is 31.2 Å². The lowest BCUT2D eigenvalue weighted by atomic mass is 9.83. The molecule has 1 unspecified atom stereocenters. The second-order valence-electron chi connectivity index (χ2n) is 7.90. The summed E-state index contributed by atoms with van der Waals surface area (Å²) < 4.78 is 10.9. The number of carbonyl (C=O) groups excluding carboxylic acids is 1. The Labute approximate surface area is 164 Å². The number of hydrogen-bond acceptors (Lipinski definition) is 3. The monoisotopic (exact) mass is 376 g/mol. The van der Waals surface area contributed by atoms with Gasteiger partial charge < -0.3 is 19.4 Å². The molecule has 144 valence electrons. The van der Waals surface area contributed by atoms with Crippen LogP contribution >= 0.6 is 0 Å². The molecule has 2 aromatic carbocycles. The van der Waals surface area contributed by atoms with Crippen LogP contribution in [0.2, 0.25) is 0 Å². The van der Waals surface area contributed by atoms with Gasteiger partial charge in [-0.15, -0.1) is 0 Å². The van der Waals surface area contributed by atoms with Crippen LogP contribution in [-0.4, -0.2) is 36.6 Å². The SMILES string of the molecule is COc1ccc(C2c3[nH]c4ccccc4c3C3(CC3)CN2C(C)=O)cc1OC. The Morgan fingerprint density at radius 2 is 1.86 bits per heavy atom. The first-order valence-electron chi connectivity index (χ1n) is 9.68. The van der Waals surface area contributed by atoms with Crippen LogP contribution in [0.1, 0.15) is 42.6 Å². The molecule has 28 heavy (non-hydrogen) atoms. The number of nitrogens with zero attached hydrogens (tertiary/aromatic N) is 1. The van der Waals surface area contributed by atoms with Crippen molar-refractivity contribution in [1.29, 1.82) is 0 Å². The van der Waals surface area contributed by atoms with E-state index in [1.807, 2.05) is 23.1 Å². The van der Waals surface area contributed by atoms with Crippen molar-refractivity contribution in [3.05, 3.63) is 59.3 Å². The van der Waals surface area contributed by atoms with E-state index in [2.05, 4.69) is 29.2 Å². The van der Waals surface area contributed by atoms with Crippen LogP contribution in [0.4, 0.5) is 0 Å². The van der Waals surface area contributed by atoms with Crippen LogP contribution in [0, 0.1) is 0 Å². The van der Waals surface area contributed by atoms with Gasteiger partial charge in [-0.05, 0) is 42.2 Å². The predicted molar refractivity (Wildman–Crippen MR) is 108 cm³/mol. The Morgan fingerprint density at radius 1 is 1.11 bits per heavy atom. The van der Waals surface area contributed by atoms with Crippen molar-refractivity contribution >= 4 is 16.8 Å². The molecule has 1 aliphatic carbocycles. The summed E-state index contributed by atoms with van der Waals surface area (Å²) in [6.07, 6.45) is 2.26. The predicted octanol–water partition coefficient (Wildman–Crippen LogP) is 4.17. The van der Waals surface area contributed by atoms with Crippen LogP contribution in [0.5, 0.6) is 11.5 Å². The minimum atomic E-state index is -0.161. The van der Waals surface area contributed by atoms with Gasteiger partial charge in [0.2, 0.25) is 5.91 Å². The first-order valence-corrected chi connectivity index (χ1v) is 9.68. The fraction of sp³-hybridized carbons (Fsp3) is 0.348. The first kappa shape index (κ1) is 17.2. The number of benzene rings is 2. The standard InChI is InChI=1S/C23H24N2O3/c1-14(26)25-13-23(10-11-23)20-16-6-4-5-7-17(16)24-21(20)22(25)15-8-9-18(27-2)19(12-15)28-3/h4-9,12,22,24H,10-11,13H2,1-3H3. The molecule has 1 saturated carbocycles. The molecule has 5 rings (SSSR count). The summed E-state index contributed by atoms with van der Waals surface area (Å²) in [6, 6.07) is 14.2. The number of amides is 1. The van der Waals surface area contributed by atoms with Crippen LogP contribution in [0.3, 0.4) is 0 Å². The molecule has 2 heterocycles. The molecule has 0 bridgehead atoms. The van der Waals surface area contributed by atoms with E-state index in [0.29, 0.717) is 11.5 Å². The lowest BCUT2D eigenvalue weighted by Gasteiger charge is -2.40. The van der Waals surface area contributed by atoms with Gasteiger partial charge in [-0.2, -0.15) is 0 Å². The number of ether oxygens (including phenoxy) is 2. The van der Waals surface area contributed by atoms with Crippen LogP contribution in [0.25, 0.3) is 10.9 Å². The van der Waals surface area contributed by atoms with Crippen molar-refractivity contribution < 1.29 is 14.3 Å². The van der Waals surface area contributed by atoms with Gasteiger partial charge in [-0.3, -0.25) is 4.79 Å². The smallest absolute Gasteiger partial charge is 0.220 e. The molecule has 2 aliphatic rings. The summed E-state index contributed by atoms with van der Waals surface area (Å²) in [5.41, 5.74) is 4.77. The van der Waals surface area contributed by atoms with E-state index in [-0.39, 0.29) is 17.4 Å². The number of aromatic amines is 1. The highest BCUT2D eigenvalue weighted by Crippen LogP contribution is 2.58. The normalized spacial score (nSPS) is 19.5. The summed E-state index contributed by atoms with van der Waals surface area (Å²) in [6.45, 7) is 2.42. The average Bonchev–Trinajstić information content (AvgIpc) is 3.36. The number of rotatable bonds is 3. The van der Waals surface area contributed by atoms with Crippen LogP contribution in [0.15, 0.2) is 42.5 Å². The van der Waals surface area contributed by atoms with Gasteiger partial charge in [-0.25, -0.2) is 0 Å². The maximum atomic E-state index is 12.7. The number of methoxy groups -OCH3 is 2. The largest absolute Gasteiger partial charge is 0.493 e. The van der Waals surface area contributed by atoms with Gasteiger partial charge in [0.15, 0.2) is 11.5 Å². The lowest BCUT2D eigenvalue weighted by Crippen LogP contribution is -2.44. The van der Waals surface area contributed by atoms with E-state index in [0.717, 1.165) is 36.2 Å². The summed E-state index contributed by atoms with van der Waals surface area (Å²) in [5.74, 6) is 1.45. The number of hydrogen-bond donors (Lipinski definition) is 1. The number of fused-ring (bicyclic) bond motifs is 4. The molecular weight excluding hydrogens is 352 g/mol. The molecule has 1 spiro atoms. The third-order valence-corrected chi connectivity index (χ3v) is 6.30. The fourth-order valence-corrected chi connectivity index (χ4v) is 4.81. The molecule has 5 nitrogen and oxygen atoms in total. The highest BCUT2D eigenvalue weighted by Gasteiger charge is 2.54. The van der Waals surface area contributed by atoms with Gasteiger partial charge in [0.05, 0.1) is 20.3 Å². The zero-order valence-electron chi connectivity index (χ0n) is 16.4. The number of H-pyrrole nitrogens is 1. The highest BCUT2D eigenvalue weighted by atomic mass is 16.5.